The number of nitrogens with zero attached hydrogens (tertiary/aromatic N) is 2. The van der Waals surface area contributed by atoms with E-state index in [4.69, 9.17) is 4.98 Å². The maximum atomic E-state index is 4.72. The highest BCUT2D eigenvalue weighted by molar-refractivity contribution is 5.78. The summed E-state index contributed by atoms with van der Waals surface area (Å²) in [6.45, 7) is 5.67. The molecule has 3 heteroatoms. The van der Waals surface area contributed by atoms with E-state index in [0.717, 1.165) is 44.7 Å². The molecular formula is C15H19N3. The molecule has 0 atom stereocenters. The van der Waals surface area contributed by atoms with E-state index in [-0.39, 0.29) is 0 Å². The minimum atomic E-state index is 1.05. The fourth-order valence-electron chi connectivity index (χ4n) is 2.45. The molecule has 3 nitrogen and oxygen atoms in total. The lowest BCUT2D eigenvalue weighted by Crippen LogP contribution is -2.44. The fourth-order valence-corrected chi connectivity index (χ4v) is 2.45. The Balaban J connectivity index is 1.66. The first-order valence-electron chi connectivity index (χ1n) is 6.69. The van der Waals surface area contributed by atoms with Crippen LogP contribution >= 0.6 is 0 Å². The van der Waals surface area contributed by atoms with Crippen molar-refractivity contribution in [2.75, 3.05) is 32.7 Å². The SMILES string of the molecule is c1ccc2nc(CCN3CCNCC3)ccc2c1. The van der Waals surface area contributed by atoms with Gasteiger partial charge in [0.1, 0.15) is 0 Å². The third kappa shape index (κ3) is 2.68. The summed E-state index contributed by atoms with van der Waals surface area (Å²) >= 11 is 0. The van der Waals surface area contributed by atoms with Crippen LogP contribution in [-0.4, -0.2) is 42.6 Å². The lowest BCUT2D eigenvalue weighted by Gasteiger charge is -2.26. The molecular weight excluding hydrogens is 222 g/mol. The highest BCUT2D eigenvalue weighted by Crippen LogP contribution is 2.12. The van der Waals surface area contributed by atoms with Gasteiger partial charge in [-0.25, -0.2) is 0 Å². The van der Waals surface area contributed by atoms with Gasteiger partial charge in [0.2, 0.25) is 0 Å². The normalized spacial score (nSPS) is 17.1. The summed E-state index contributed by atoms with van der Waals surface area (Å²) in [5.41, 5.74) is 2.31. The second-order valence-electron chi connectivity index (χ2n) is 4.84. The summed E-state index contributed by atoms with van der Waals surface area (Å²) in [4.78, 5) is 7.22. The molecule has 18 heavy (non-hydrogen) atoms. The van der Waals surface area contributed by atoms with Crippen LogP contribution in [0.3, 0.4) is 0 Å². The Labute approximate surface area is 108 Å². The number of benzene rings is 1. The average molecular weight is 241 g/mol. The van der Waals surface area contributed by atoms with Crippen molar-refractivity contribution in [3.05, 3.63) is 42.1 Å². The molecule has 2 heterocycles. The van der Waals surface area contributed by atoms with E-state index in [1.807, 2.05) is 0 Å². The number of nitrogens with one attached hydrogen (secondary N) is 1. The number of rotatable bonds is 3. The van der Waals surface area contributed by atoms with Crippen LogP contribution < -0.4 is 5.32 Å². The van der Waals surface area contributed by atoms with Crippen LogP contribution in [0.4, 0.5) is 0 Å². The Hall–Kier alpha value is -1.45. The third-order valence-electron chi connectivity index (χ3n) is 3.55. The maximum absolute atomic E-state index is 4.72. The van der Waals surface area contributed by atoms with Gasteiger partial charge in [0.15, 0.2) is 0 Å². The summed E-state index contributed by atoms with van der Waals surface area (Å²) in [5, 5.41) is 4.61. The van der Waals surface area contributed by atoms with Gasteiger partial charge in [-0.15, -0.1) is 0 Å². The standard InChI is InChI=1S/C15H19N3/c1-2-4-15-13(3-1)5-6-14(17-15)7-10-18-11-8-16-9-12-18/h1-6,16H,7-12H2. The van der Waals surface area contributed by atoms with Gasteiger partial charge < -0.3 is 10.2 Å². The number of hydrogen-bond acceptors (Lipinski definition) is 3. The predicted octanol–water partition coefficient (Wildman–Crippen LogP) is 1.68. The predicted molar refractivity (Wildman–Crippen MR) is 74.8 cm³/mol. The van der Waals surface area contributed by atoms with Gasteiger partial charge in [-0.1, -0.05) is 24.3 Å². The van der Waals surface area contributed by atoms with Gasteiger partial charge in [-0.3, -0.25) is 4.98 Å². The Morgan fingerprint density at radius 3 is 2.78 bits per heavy atom. The number of aromatic nitrogens is 1. The summed E-state index contributed by atoms with van der Waals surface area (Å²) in [6.07, 6.45) is 1.05. The average Bonchev–Trinajstić information content (AvgIpc) is 2.46. The van der Waals surface area contributed by atoms with Crippen LogP contribution in [-0.2, 0) is 6.42 Å². The van der Waals surface area contributed by atoms with Crippen LogP contribution in [0, 0.1) is 0 Å². The van der Waals surface area contributed by atoms with E-state index < -0.39 is 0 Å². The molecule has 0 unspecified atom stereocenters. The molecule has 1 aromatic heterocycles. The smallest absolute Gasteiger partial charge is 0.0705 e. The van der Waals surface area contributed by atoms with Gasteiger partial charge in [0.05, 0.1) is 5.52 Å². The van der Waals surface area contributed by atoms with Gasteiger partial charge in [-0.2, -0.15) is 0 Å². The van der Waals surface area contributed by atoms with Gasteiger partial charge in [0, 0.05) is 50.2 Å². The Bertz CT molecular complexity index is 518. The Morgan fingerprint density at radius 1 is 1.06 bits per heavy atom. The van der Waals surface area contributed by atoms with Gasteiger partial charge in [0.25, 0.3) is 0 Å². The Morgan fingerprint density at radius 2 is 1.89 bits per heavy atom. The van der Waals surface area contributed by atoms with Crippen molar-refractivity contribution in [1.29, 1.82) is 0 Å². The molecule has 2 aromatic rings. The van der Waals surface area contributed by atoms with Gasteiger partial charge >= 0.3 is 0 Å². The maximum Gasteiger partial charge on any atom is 0.0705 e. The van der Waals surface area contributed by atoms with E-state index in [0.29, 0.717) is 0 Å². The van der Waals surface area contributed by atoms with Crippen molar-refractivity contribution in [1.82, 2.24) is 15.2 Å². The van der Waals surface area contributed by atoms with Crippen molar-refractivity contribution in [2.45, 2.75) is 6.42 Å². The Kier molecular flexibility index (Phi) is 3.53. The molecule has 3 rings (SSSR count). The first kappa shape index (κ1) is 11.6. The lowest BCUT2D eigenvalue weighted by molar-refractivity contribution is 0.243. The van der Waals surface area contributed by atoms with Crippen molar-refractivity contribution >= 4 is 10.9 Å². The minimum Gasteiger partial charge on any atom is -0.314 e. The van der Waals surface area contributed by atoms with Crippen molar-refractivity contribution in [2.24, 2.45) is 0 Å². The quantitative estimate of drug-likeness (QED) is 0.886. The van der Waals surface area contributed by atoms with Crippen molar-refractivity contribution in [3.8, 4) is 0 Å². The molecule has 0 amide bonds. The molecule has 94 valence electrons. The molecule has 1 aromatic carbocycles. The van der Waals surface area contributed by atoms with E-state index in [1.165, 1.54) is 11.1 Å². The first-order chi connectivity index (χ1) is 8.92. The van der Waals surface area contributed by atoms with Crippen LogP contribution in [0.2, 0.25) is 0 Å². The molecule has 1 N–H and O–H groups in total. The van der Waals surface area contributed by atoms with E-state index in [9.17, 15) is 0 Å². The van der Waals surface area contributed by atoms with E-state index in [2.05, 4.69) is 46.6 Å². The summed E-state index contributed by atoms with van der Waals surface area (Å²) in [5.74, 6) is 0. The number of fused-ring (bicyclic) bond motifs is 1. The monoisotopic (exact) mass is 241 g/mol. The van der Waals surface area contributed by atoms with Crippen LogP contribution in [0.15, 0.2) is 36.4 Å². The van der Waals surface area contributed by atoms with E-state index in [1.54, 1.807) is 0 Å². The number of pyridine rings is 1. The molecule has 0 saturated carbocycles. The second-order valence-corrected chi connectivity index (χ2v) is 4.84. The summed E-state index contributed by atoms with van der Waals surface area (Å²) in [6, 6.07) is 12.6. The van der Waals surface area contributed by atoms with Crippen molar-refractivity contribution in [3.63, 3.8) is 0 Å². The van der Waals surface area contributed by atoms with Crippen molar-refractivity contribution < 1.29 is 0 Å². The zero-order valence-corrected chi connectivity index (χ0v) is 10.6. The zero-order chi connectivity index (χ0) is 12.2. The van der Waals surface area contributed by atoms with Gasteiger partial charge in [-0.05, 0) is 12.1 Å². The lowest BCUT2D eigenvalue weighted by atomic mass is 10.1. The number of hydrogen-bond donors (Lipinski definition) is 1. The fraction of sp³-hybridized carbons (Fsp3) is 0.400. The molecule has 1 aliphatic rings. The highest BCUT2D eigenvalue weighted by atomic mass is 15.2. The third-order valence-corrected chi connectivity index (χ3v) is 3.55. The van der Waals surface area contributed by atoms with Crippen LogP contribution in [0.5, 0.6) is 0 Å². The van der Waals surface area contributed by atoms with E-state index >= 15 is 0 Å². The zero-order valence-electron chi connectivity index (χ0n) is 10.6. The summed E-state index contributed by atoms with van der Waals surface area (Å²) < 4.78 is 0. The minimum absolute atomic E-state index is 1.05. The molecule has 1 fully saturated rings. The molecule has 0 spiro atoms. The highest BCUT2D eigenvalue weighted by Gasteiger charge is 2.09. The van der Waals surface area contributed by atoms with Crippen LogP contribution in [0.25, 0.3) is 10.9 Å². The largest absolute Gasteiger partial charge is 0.314 e. The molecule has 1 aliphatic heterocycles. The molecule has 1 saturated heterocycles. The first-order valence-corrected chi connectivity index (χ1v) is 6.69. The molecule has 0 radical (unpaired) electrons. The molecule has 0 aliphatic carbocycles. The number of piperazine rings is 1. The topological polar surface area (TPSA) is 28.2 Å². The van der Waals surface area contributed by atoms with Crippen LogP contribution in [0.1, 0.15) is 5.69 Å². The summed E-state index contributed by atoms with van der Waals surface area (Å²) in [7, 11) is 0. The molecule has 0 bridgehead atoms. The number of para-hydroxylation sites is 1. The second kappa shape index (κ2) is 5.46.